The van der Waals surface area contributed by atoms with Crippen molar-refractivity contribution < 1.29 is 9.53 Å². The van der Waals surface area contributed by atoms with Crippen molar-refractivity contribution in [3.05, 3.63) is 11.1 Å². The number of aromatic nitrogens is 1. The number of hydrogen-bond acceptors (Lipinski definition) is 5. The summed E-state index contributed by atoms with van der Waals surface area (Å²) in [6.45, 7) is 2.29. The van der Waals surface area contributed by atoms with Crippen LogP contribution < -0.4 is 11.1 Å². The summed E-state index contributed by atoms with van der Waals surface area (Å²) in [5, 5.41) is 4.98. The van der Waals surface area contributed by atoms with Crippen molar-refractivity contribution >= 4 is 22.4 Å². The maximum atomic E-state index is 11.6. The summed E-state index contributed by atoms with van der Waals surface area (Å²) in [5.41, 5.74) is 5.88. The van der Waals surface area contributed by atoms with Gasteiger partial charge in [0, 0.05) is 25.1 Å². The monoisotopic (exact) mass is 241 g/mol. The normalized spacial score (nSPS) is 17.2. The summed E-state index contributed by atoms with van der Waals surface area (Å²) in [6.07, 6.45) is 2.03. The zero-order chi connectivity index (χ0) is 11.4. The molecule has 0 aliphatic carbocycles. The van der Waals surface area contributed by atoms with E-state index < -0.39 is 0 Å². The van der Waals surface area contributed by atoms with E-state index >= 15 is 0 Å². The van der Waals surface area contributed by atoms with Crippen molar-refractivity contribution in [2.24, 2.45) is 5.92 Å². The number of thiazole rings is 1. The molecule has 0 radical (unpaired) electrons. The number of carbonyl (C=O) groups is 1. The average molecular weight is 241 g/mol. The zero-order valence-electron chi connectivity index (χ0n) is 8.94. The van der Waals surface area contributed by atoms with Gasteiger partial charge in [0.05, 0.1) is 0 Å². The molecule has 0 unspecified atom stereocenters. The van der Waals surface area contributed by atoms with Crippen LogP contribution in [0.3, 0.4) is 0 Å². The number of hydrogen-bond donors (Lipinski definition) is 2. The smallest absolute Gasteiger partial charge is 0.270 e. The minimum Gasteiger partial charge on any atom is -0.381 e. The number of carbonyl (C=O) groups excluding carboxylic acids is 1. The van der Waals surface area contributed by atoms with Crippen LogP contribution in [0.4, 0.5) is 5.13 Å². The van der Waals surface area contributed by atoms with Gasteiger partial charge in [-0.3, -0.25) is 4.79 Å². The predicted octanol–water partition coefficient (Wildman–Crippen LogP) is 0.882. The van der Waals surface area contributed by atoms with E-state index in [9.17, 15) is 4.79 Å². The average Bonchev–Trinajstić information content (AvgIpc) is 2.74. The van der Waals surface area contributed by atoms with Crippen LogP contribution in [-0.2, 0) is 4.74 Å². The maximum absolute atomic E-state index is 11.6. The predicted molar refractivity (Wildman–Crippen MR) is 62.4 cm³/mol. The molecule has 1 aromatic heterocycles. The number of ether oxygens (including phenoxy) is 1. The molecule has 0 atom stereocenters. The van der Waals surface area contributed by atoms with Gasteiger partial charge in [-0.25, -0.2) is 4.98 Å². The van der Waals surface area contributed by atoms with Gasteiger partial charge in [-0.2, -0.15) is 0 Å². The number of nitrogens with one attached hydrogen (secondary N) is 1. The maximum Gasteiger partial charge on any atom is 0.270 e. The third-order valence-electron chi connectivity index (χ3n) is 2.65. The summed E-state index contributed by atoms with van der Waals surface area (Å²) >= 11 is 1.28. The highest BCUT2D eigenvalue weighted by atomic mass is 32.1. The molecule has 5 nitrogen and oxygen atoms in total. The lowest BCUT2D eigenvalue weighted by Gasteiger charge is -2.21. The topological polar surface area (TPSA) is 77.2 Å². The van der Waals surface area contributed by atoms with Gasteiger partial charge in [0.15, 0.2) is 5.13 Å². The number of nitrogens with zero attached hydrogens (tertiary/aromatic N) is 1. The van der Waals surface area contributed by atoms with E-state index in [1.54, 1.807) is 5.38 Å². The van der Waals surface area contributed by atoms with Crippen molar-refractivity contribution in [1.82, 2.24) is 10.3 Å². The Labute approximate surface area is 98.0 Å². The summed E-state index contributed by atoms with van der Waals surface area (Å²) in [5.74, 6) is 0.383. The highest BCUT2D eigenvalue weighted by Crippen LogP contribution is 2.14. The highest BCUT2D eigenvalue weighted by molar-refractivity contribution is 7.13. The fourth-order valence-electron chi connectivity index (χ4n) is 1.67. The van der Waals surface area contributed by atoms with E-state index in [1.807, 2.05) is 0 Å². The fourth-order valence-corrected chi connectivity index (χ4v) is 2.21. The molecule has 1 fully saturated rings. The van der Waals surface area contributed by atoms with Crippen LogP contribution in [0.25, 0.3) is 0 Å². The molecule has 1 saturated heterocycles. The number of rotatable bonds is 3. The quantitative estimate of drug-likeness (QED) is 0.823. The zero-order valence-corrected chi connectivity index (χ0v) is 9.76. The second-order valence-electron chi connectivity index (χ2n) is 3.84. The molecule has 2 rings (SSSR count). The van der Waals surface area contributed by atoms with Crippen molar-refractivity contribution in [3.63, 3.8) is 0 Å². The first kappa shape index (κ1) is 11.3. The number of amides is 1. The van der Waals surface area contributed by atoms with Gasteiger partial charge < -0.3 is 15.8 Å². The Morgan fingerprint density at radius 1 is 1.62 bits per heavy atom. The van der Waals surface area contributed by atoms with E-state index in [-0.39, 0.29) is 5.91 Å². The van der Waals surface area contributed by atoms with E-state index in [1.165, 1.54) is 11.3 Å². The van der Waals surface area contributed by atoms with E-state index in [4.69, 9.17) is 10.5 Å². The first-order valence-corrected chi connectivity index (χ1v) is 6.20. The largest absolute Gasteiger partial charge is 0.381 e. The Morgan fingerprint density at radius 3 is 3.00 bits per heavy atom. The lowest BCUT2D eigenvalue weighted by molar-refractivity contribution is 0.0642. The van der Waals surface area contributed by atoms with E-state index in [0.717, 1.165) is 26.1 Å². The van der Waals surface area contributed by atoms with Crippen LogP contribution >= 0.6 is 11.3 Å². The molecule has 0 bridgehead atoms. The van der Waals surface area contributed by atoms with Gasteiger partial charge in [-0.15, -0.1) is 11.3 Å². The summed E-state index contributed by atoms with van der Waals surface area (Å²) < 4.78 is 5.25. The minimum atomic E-state index is -0.139. The molecule has 0 saturated carbocycles. The number of anilines is 1. The molecule has 3 N–H and O–H groups in total. The van der Waals surface area contributed by atoms with Crippen molar-refractivity contribution in [2.45, 2.75) is 12.8 Å². The molecule has 0 aromatic carbocycles. The number of nitrogens with two attached hydrogens (primary N) is 1. The van der Waals surface area contributed by atoms with Crippen LogP contribution in [0.15, 0.2) is 5.38 Å². The Bertz CT molecular complexity index is 361. The van der Waals surface area contributed by atoms with Crippen LogP contribution in [-0.4, -0.2) is 30.6 Å². The Morgan fingerprint density at radius 2 is 2.38 bits per heavy atom. The van der Waals surface area contributed by atoms with Crippen LogP contribution in [0.5, 0.6) is 0 Å². The number of nitrogen functional groups attached to an aromatic ring is 1. The summed E-state index contributed by atoms with van der Waals surface area (Å²) in [6, 6.07) is 0. The molecule has 88 valence electrons. The third-order valence-corrected chi connectivity index (χ3v) is 3.32. The van der Waals surface area contributed by atoms with Crippen LogP contribution in [0, 0.1) is 5.92 Å². The molecular weight excluding hydrogens is 226 g/mol. The molecule has 1 aliphatic rings. The minimum absolute atomic E-state index is 0.139. The molecule has 1 aliphatic heterocycles. The SMILES string of the molecule is Nc1nc(C(=O)NCC2CCOCC2)cs1. The molecule has 1 amide bonds. The Kier molecular flexibility index (Phi) is 3.74. The molecule has 0 spiro atoms. The van der Waals surface area contributed by atoms with Gasteiger partial charge in [0.1, 0.15) is 5.69 Å². The third kappa shape index (κ3) is 2.93. The highest BCUT2D eigenvalue weighted by Gasteiger charge is 2.16. The van der Waals surface area contributed by atoms with Crippen LogP contribution in [0.1, 0.15) is 23.3 Å². The van der Waals surface area contributed by atoms with Crippen molar-refractivity contribution in [2.75, 3.05) is 25.5 Å². The summed E-state index contributed by atoms with van der Waals surface area (Å²) in [4.78, 5) is 15.6. The van der Waals surface area contributed by atoms with Gasteiger partial charge in [-0.05, 0) is 18.8 Å². The second kappa shape index (κ2) is 5.27. The molecule has 16 heavy (non-hydrogen) atoms. The second-order valence-corrected chi connectivity index (χ2v) is 4.73. The van der Waals surface area contributed by atoms with Gasteiger partial charge in [0.25, 0.3) is 5.91 Å². The van der Waals surface area contributed by atoms with Crippen LogP contribution in [0.2, 0.25) is 0 Å². The standard InChI is InChI=1S/C10H15N3O2S/c11-10-13-8(6-16-10)9(14)12-5-7-1-3-15-4-2-7/h6-7H,1-5H2,(H2,11,13)(H,12,14). The lowest BCUT2D eigenvalue weighted by Crippen LogP contribution is -2.32. The van der Waals surface area contributed by atoms with Gasteiger partial charge >= 0.3 is 0 Å². The Hall–Kier alpha value is -1.14. The Balaban J connectivity index is 1.79. The van der Waals surface area contributed by atoms with Gasteiger partial charge in [-0.1, -0.05) is 0 Å². The first-order chi connectivity index (χ1) is 7.75. The molecule has 2 heterocycles. The fraction of sp³-hybridized carbons (Fsp3) is 0.600. The molecule has 1 aromatic rings. The van der Waals surface area contributed by atoms with E-state index in [2.05, 4.69) is 10.3 Å². The molecule has 6 heteroatoms. The van der Waals surface area contributed by atoms with Crippen molar-refractivity contribution in [1.29, 1.82) is 0 Å². The summed E-state index contributed by atoms with van der Waals surface area (Å²) in [7, 11) is 0. The lowest BCUT2D eigenvalue weighted by atomic mass is 10.0. The van der Waals surface area contributed by atoms with Crippen molar-refractivity contribution in [3.8, 4) is 0 Å². The molecular formula is C10H15N3O2S. The van der Waals surface area contributed by atoms with E-state index in [0.29, 0.717) is 23.3 Å². The van der Waals surface area contributed by atoms with Gasteiger partial charge in [0.2, 0.25) is 0 Å². The first-order valence-electron chi connectivity index (χ1n) is 5.32.